The van der Waals surface area contributed by atoms with E-state index in [9.17, 15) is 9.59 Å². The summed E-state index contributed by atoms with van der Waals surface area (Å²) in [6.07, 6.45) is 0. The first-order chi connectivity index (χ1) is 18.4. The van der Waals surface area contributed by atoms with Crippen molar-refractivity contribution in [3.63, 3.8) is 0 Å². The van der Waals surface area contributed by atoms with Crippen LogP contribution in [0.4, 0.5) is 5.13 Å². The fourth-order valence-electron chi connectivity index (χ4n) is 3.14. The van der Waals surface area contributed by atoms with Gasteiger partial charge in [-0.1, -0.05) is 71.1 Å². The number of benzene rings is 2. The molecule has 2 aromatic carbocycles. The van der Waals surface area contributed by atoms with Crippen LogP contribution >= 0.6 is 58.1 Å². The van der Waals surface area contributed by atoms with Crippen molar-refractivity contribution >= 4 is 75.0 Å². The van der Waals surface area contributed by atoms with Gasteiger partial charge in [-0.3, -0.25) is 19.5 Å². The van der Waals surface area contributed by atoms with Gasteiger partial charge >= 0.3 is 0 Å². The van der Waals surface area contributed by atoms with Gasteiger partial charge in [-0.15, -0.1) is 20.4 Å². The van der Waals surface area contributed by atoms with Gasteiger partial charge in [-0.25, -0.2) is 0 Å². The minimum Gasteiger partial charge on any atom is -0.497 e. The fourth-order valence-corrected chi connectivity index (χ4v) is 5.87. The van der Waals surface area contributed by atoms with Crippen LogP contribution in [0.5, 0.6) is 5.75 Å². The second kappa shape index (κ2) is 13.3. The Bertz CT molecular complexity index is 1450. The summed E-state index contributed by atoms with van der Waals surface area (Å²) >= 11 is 16.4. The summed E-state index contributed by atoms with van der Waals surface area (Å²) in [6, 6.07) is 11.9. The number of halogens is 2. The van der Waals surface area contributed by atoms with E-state index in [2.05, 4.69) is 31.0 Å². The molecule has 2 aromatic heterocycles. The first-order valence-corrected chi connectivity index (χ1v) is 14.6. The van der Waals surface area contributed by atoms with Gasteiger partial charge in [0.25, 0.3) is 5.91 Å². The number of amides is 2. The predicted octanol–water partition coefficient (Wildman–Crippen LogP) is 5.21. The molecule has 0 saturated heterocycles. The van der Waals surface area contributed by atoms with Crippen LogP contribution in [0.25, 0.3) is 5.69 Å². The molecule has 198 valence electrons. The van der Waals surface area contributed by atoms with Gasteiger partial charge in [0, 0.05) is 5.56 Å². The van der Waals surface area contributed by atoms with Gasteiger partial charge in [0.05, 0.1) is 35.1 Å². The number of hydrogen-bond donors (Lipinski definition) is 2. The largest absolute Gasteiger partial charge is 0.497 e. The Balaban J connectivity index is 1.50. The number of methoxy groups -OCH3 is 1. The highest BCUT2D eigenvalue weighted by atomic mass is 35.5. The maximum absolute atomic E-state index is 12.7. The van der Waals surface area contributed by atoms with Crippen molar-refractivity contribution in [3.8, 4) is 11.4 Å². The molecule has 4 rings (SSSR count). The van der Waals surface area contributed by atoms with Crippen molar-refractivity contribution in [2.24, 2.45) is 0 Å². The maximum atomic E-state index is 12.7. The van der Waals surface area contributed by atoms with Crippen LogP contribution in [0.15, 0.2) is 52.0 Å². The SMILES string of the molecule is CCSc1nnc(NC(=O)CSc2nnc(CNC(=O)c3cccc(OC)c3)n2-c2ccc(Cl)c(Cl)c2)s1. The number of aromatic nitrogens is 5. The highest BCUT2D eigenvalue weighted by molar-refractivity contribution is 8.01. The maximum Gasteiger partial charge on any atom is 0.251 e. The average molecular weight is 611 g/mol. The Labute approximate surface area is 240 Å². The smallest absolute Gasteiger partial charge is 0.251 e. The molecule has 38 heavy (non-hydrogen) atoms. The minimum atomic E-state index is -0.307. The quantitative estimate of drug-likeness (QED) is 0.174. The molecule has 0 spiro atoms. The number of thioether (sulfide) groups is 2. The van der Waals surface area contributed by atoms with Crippen LogP contribution in [-0.2, 0) is 11.3 Å². The summed E-state index contributed by atoms with van der Waals surface area (Å²) in [5, 5.41) is 23.7. The molecule has 0 aliphatic carbocycles. The Morgan fingerprint density at radius 2 is 1.89 bits per heavy atom. The lowest BCUT2D eigenvalue weighted by molar-refractivity contribution is -0.113. The molecule has 0 unspecified atom stereocenters. The van der Waals surface area contributed by atoms with Crippen molar-refractivity contribution in [2.75, 3.05) is 23.9 Å². The standard InChI is InChI=1S/C23H21Cl2N7O3S3/c1-3-36-23-31-29-21(38-23)27-19(33)12-37-22-30-28-18(32(22)14-7-8-16(24)17(25)10-14)11-26-20(34)13-5-4-6-15(9-13)35-2/h4-10H,3,11-12H2,1-2H3,(H,26,34)(H,27,29,33). The number of hydrogen-bond acceptors (Lipinski definition) is 10. The Hall–Kier alpha value is -2.84. The molecule has 15 heteroatoms. The van der Waals surface area contributed by atoms with E-state index in [1.54, 1.807) is 58.8 Å². The van der Waals surface area contributed by atoms with Crippen LogP contribution < -0.4 is 15.4 Å². The van der Waals surface area contributed by atoms with E-state index in [1.807, 2.05) is 6.92 Å². The Morgan fingerprint density at radius 1 is 1.05 bits per heavy atom. The van der Waals surface area contributed by atoms with E-state index < -0.39 is 0 Å². The lowest BCUT2D eigenvalue weighted by atomic mass is 10.2. The molecule has 0 aliphatic heterocycles. The van der Waals surface area contributed by atoms with E-state index >= 15 is 0 Å². The number of carbonyl (C=O) groups excluding carboxylic acids is 2. The van der Waals surface area contributed by atoms with Crippen LogP contribution in [0.2, 0.25) is 10.0 Å². The lowest BCUT2D eigenvalue weighted by Gasteiger charge is -2.12. The van der Waals surface area contributed by atoms with Gasteiger partial charge in [0.1, 0.15) is 5.75 Å². The molecular weight excluding hydrogens is 589 g/mol. The van der Waals surface area contributed by atoms with Crippen molar-refractivity contribution in [1.29, 1.82) is 0 Å². The molecule has 4 aromatic rings. The van der Waals surface area contributed by atoms with Crippen LogP contribution in [0, 0.1) is 0 Å². The average Bonchev–Trinajstić information content (AvgIpc) is 3.54. The summed E-state index contributed by atoms with van der Waals surface area (Å²) < 4.78 is 7.69. The molecule has 0 atom stereocenters. The zero-order chi connectivity index (χ0) is 27.1. The Morgan fingerprint density at radius 3 is 2.66 bits per heavy atom. The summed E-state index contributed by atoms with van der Waals surface area (Å²) in [5.74, 6) is 1.35. The molecule has 2 amide bonds. The van der Waals surface area contributed by atoms with Crippen molar-refractivity contribution < 1.29 is 14.3 Å². The van der Waals surface area contributed by atoms with Gasteiger partial charge < -0.3 is 10.1 Å². The minimum absolute atomic E-state index is 0.0471. The molecule has 10 nitrogen and oxygen atoms in total. The number of nitrogens with one attached hydrogen (secondary N) is 2. The Kier molecular flexibility index (Phi) is 9.86. The summed E-state index contributed by atoms with van der Waals surface area (Å²) in [6.45, 7) is 2.09. The van der Waals surface area contributed by atoms with Gasteiger partial charge in [-0.05, 0) is 42.2 Å². The molecular formula is C23H21Cl2N7O3S3. The topological polar surface area (TPSA) is 124 Å². The molecule has 2 N–H and O–H groups in total. The van der Waals surface area contributed by atoms with Crippen molar-refractivity contribution in [3.05, 3.63) is 63.9 Å². The zero-order valence-electron chi connectivity index (χ0n) is 20.1. The molecule has 0 aliphatic rings. The highest BCUT2D eigenvalue weighted by Gasteiger charge is 2.19. The third-order valence-electron chi connectivity index (χ3n) is 4.85. The number of carbonyl (C=O) groups is 2. The number of nitrogens with zero attached hydrogens (tertiary/aromatic N) is 5. The van der Waals surface area contributed by atoms with E-state index in [1.165, 1.54) is 30.2 Å². The molecule has 0 bridgehead atoms. The molecule has 0 radical (unpaired) electrons. The van der Waals surface area contributed by atoms with E-state index in [0.717, 1.165) is 10.1 Å². The summed E-state index contributed by atoms with van der Waals surface area (Å²) in [5.41, 5.74) is 1.07. The third-order valence-corrected chi connectivity index (χ3v) is 8.38. The second-order valence-electron chi connectivity index (χ2n) is 7.39. The fraction of sp³-hybridized carbons (Fsp3) is 0.217. The molecule has 2 heterocycles. The van der Waals surface area contributed by atoms with Gasteiger partial charge in [0.15, 0.2) is 15.3 Å². The van der Waals surface area contributed by atoms with Crippen molar-refractivity contribution in [1.82, 2.24) is 30.3 Å². The van der Waals surface area contributed by atoms with Crippen LogP contribution in [0.1, 0.15) is 23.1 Å². The summed E-state index contributed by atoms with van der Waals surface area (Å²) in [4.78, 5) is 25.3. The summed E-state index contributed by atoms with van der Waals surface area (Å²) in [7, 11) is 1.53. The highest BCUT2D eigenvalue weighted by Crippen LogP contribution is 2.29. The second-order valence-corrected chi connectivity index (χ2v) is 11.6. The third kappa shape index (κ3) is 7.17. The monoisotopic (exact) mass is 609 g/mol. The number of anilines is 1. The molecule has 0 saturated carbocycles. The van der Waals surface area contributed by atoms with Gasteiger partial charge in [0.2, 0.25) is 11.0 Å². The first-order valence-electron chi connectivity index (χ1n) is 11.1. The first kappa shape index (κ1) is 28.2. The normalized spacial score (nSPS) is 10.8. The lowest BCUT2D eigenvalue weighted by Crippen LogP contribution is -2.24. The van der Waals surface area contributed by atoms with E-state index in [0.29, 0.717) is 43.2 Å². The van der Waals surface area contributed by atoms with Crippen LogP contribution in [-0.4, -0.2) is 55.4 Å². The van der Waals surface area contributed by atoms with Crippen LogP contribution in [0.3, 0.4) is 0 Å². The number of ether oxygens (including phenoxy) is 1. The number of rotatable bonds is 11. The zero-order valence-corrected chi connectivity index (χ0v) is 24.1. The van der Waals surface area contributed by atoms with Gasteiger partial charge in [-0.2, -0.15) is 0 Å². The van der Waals surface area contributed by atoms with Crippen molar-refractivity contribution in [2.45, 2.75) is 23.0 Å². The van der Waals surface area contributed by atoms with E-state index in [-0.39, 0.29) is 24.1 Å². The van der Waals surface area contributed by atoms with E-state index in [4.69, 9.17) is 27.9 Å². The molecule has 0 fully saturated rings. The predicted molar refractivity (Wildman–Crippen MR) is 151 cm³/mol.